The molecule has 2 aromatic carbocycles. The maximum atomic E-state index is 5.73. The van der Waals surface area contributed by atoms with Crippen LogP contribution in [0.5, 0.6) is 5.75 Å². The van der Waals surface area contributed by atoms with Crippen molar-refractivity contribution in [3.63, 3.8) is 0 Å². The topological polar surface area (TPSA) is 21.3 Å². The Bertz CT molecular complexity index is 507. The van der Waals surface area contributed by atoms with E-state index in [2.05, 4.69) is 66.8 Å². The second-order valence-electron chi connectivity index (χ2n) is 5.61. The van der Waals surface area contributed by atoms with E-state index in [9.17, 15) is 0 Å². The number of unbranched alkanes of at least 4 members (excludes halogenated alkanes) is 2. The molecular weight excluding hydrogens is 270 g/mol. The highest BCUT2D eigenvalue weighted by Gasteiger charge is 1.97. The van der Waals surface area contributed by atoms with E-state index in [0.29, 0.717) is 0 Å². The van der Waals surface area contributed by atoms with Gasteiger partial charge in [0.2, 0.25) is 0 Å². The minimum Gasteiger partial charge on any atom is -0.494 e. The van der Waals surface area contributed by atoms with Crippen LogP contribution in [0.1, 0.15) is 37.3 Å². The fourth-order valence-corrected chi connectivity index (χ4v) is 2.36. The quantitative estimate of drug-likeness (QED) is 0.648. The van der Waals surface area contributed by atoms with Gasteiger partial charge >= 0.3 is 0 Å². The number of hydrogen-bond acceptors (Lipinski definition) is 2. The van der Waals surface area contributed by atoms with E-state index >= 15 is 0 Å². The Balaban J connectivity index is 1.63. The molecule has 0 saturated heterocycles. The van der Waals surface area contributed by atoms with Crippen molar-refractivity contribution in [3.05, 3.63) is 65.7 Å². The molecule has 0 fully saturated rings. The summed E-state index contributed by atoms with van der Waals surface area (Å²) in [5.41, 5.74) is 2.68. The number of benzene rings is 2. The van der Waals surface area contributed by atoms with Gasteiger partial charge in [0, 0.05) is 6.54 Å². The van der Waals surface area contributed by atoms with Gasteiger partial charge in [0.05, 0.1) is 6.61 Å². The van der Waals surface area contributed by atoms with E-state index in [-0.39, 0.29) is 0 Å². The average molecular weight is 297 g/mol. The first kappa shape index (κ1) is 16.6. The van der Waals surface area contributed by atoms with E-state index in [1.807, 2.05) is 0 Å². The Labute approximate surface area is 134 Å². The minimum absolute atomic E-state index is 0.822. The Morgan fingerprint density at radius 3 is 2.36 bits per heavy atom. The lowest BCUT2D eigenvalue weighted by Crippen LogP contribution is -2.16. The molecule has 0 aliphatic rings. The molecule has 0 spiro atoms. The van der Waals surface area contributed by atoms with Crippen molar-refractivity contribution in [2.75, 3.05) is 13.2 Å². The molecule has 22 heavy (non-hydrogen) atoms. The third-order valence-corrected chi connectivity index (χ3v) is 3.70. The van der Waals surface area contributed by atoms with Crippen molar-refractivity contribution in [2.45, 2.75) is 39.2 Å². The Morgan fingerprint density at radius 1 is 0.864 bits per heavy atom. The highest BCUT2D eigenvalue weighted by Crippen LogP contribution is 2.12. The zero-order valence-corrected chi connectivity index (χ0v) is 13.6. The van der Waals surface area contributed by atoms with Crippen LogP contribution in [0.2, 0.25) is 0 Å². The smallest absolute Gasteiger partial charge is 0.119 e. The summed E-state index contributed by atoms with van der Waals surface area (Å²) in [6, 6.07) is 19.0. The molecule has 0 saturated carbocycles. The standard InChI is InChI=1S/C20H27NO/c1-2-3-7-16-22-20-12-10-19(11-13-20)17-21-15-14-18-8-5-4-6-9-18/h4-6,8-13,21H,2-3,7,14-17H2,1H3. The van der Waals surface area contributed by atoms with Gasteiger partial charge in [-0.2, -0.15) is 0 Å². The van der Waals surface area contributed by atoms with Gasteiger partial charge in [0.25, 0.3) is 0 Å². The predicted molar refractivity (Wildman–Crippen MR) is 93.3 cm³/mol. The van der Waals surface area contributed by atoms with Crippen molar-refractivity contribution < 1.29 is 4.74 Å². The summed E-state index contributed by atoms with van der Waals surface area (Å²) in [4.78, 5) is 0. The van der Waals surface area contributed by atoms with Gasteiger partial charge in [-0.15, -0.1) is 0 Å². The monoisotopic (exact) mass is 297 g/mol. The number of hydrogen-bond donors (Lipinski definition) is 1. The first-order chi connectivity index (χ1) is 10.9. The van der Waals surface area contributed by atoms with Gasteiger partial charge in [-0.05, 0) is 42.6 Å². The first-order valence-corrected chi connectivity index (χ1v) is 8.35. The van der Waals surface area contributed by atoms with E-state index in [4.69, 9.17) is 4.74 Å². The third-order valence-electron chi connectivity index (χ3n) is 3.70. The summed E-state index contributed by atoms with van der Waals surface area (Å²) < 4.78 is 5.73. The van der Waals surface area contributed by atoms with Gasteiger partial charge < -0.3 is 10.1 Å². The molecule has 1 N–H and O–H groups in total. The van der Waals surface area contributed by atoms with Crippen LogP contribution >= 0.6 is 0 Å². The summed E-state index contributed by atoms with van der Waals surface area (Å²) in [6.45, 7) is 4.93. The fraction of sp³-hybridized carbons (Fsp3) is 0.400. The first-order valence-electron chi connectivity index (χ1n) is 8.35. The molecule has 0 amide bonds. The van der Waals surface area contributed by atoms with E-state index in [1.165, 1.54) is 24.0 Å². The summed E-state index contributed by atoms with van der Waals surface area (Å²) in [6.07, 6.45) is 4.68. The van der Waals surface area contributed by atoms with Crippen LogP contribution < -0.4 is 10.1 Å². The molecule has 118 valence electrons. The van der Waals surface area contributed by atoms with Crippen molar-refractivity contribution in [2.24, 2.45) is 0 Å². The summed E-state index contributed by atoms with van der Waals surface area (Å²) in [5.74, 6) is 0.976. The maximum absolute atomic E-state index is 5.73. The molecule has 0 aromatic heterocycles. The van der Waals surface area contributed by atoms with Crippen LogP contribution in [0, 0.1) is 0 Å². The molecule has 2 aromatic rings. The van der Waals surface area contributed by atoms with Crippen molar-refractivity contribution in [1.29, 1.82) is 0 Å². The highest BCUT2D eigenvalue weighted by molar-refractivity contribution is 5.27. The maximum Gasteiger partial charge on any atom is 0.119 e. The average Bonchev–Trinajstić information content (AvgIpc) is 2.58. The highest BCUT2D eigenvalue weighted by atomic mass is 16.5. The van der Waals surface area contributed by atoms with Crippen LogP contribution in [-0.2, 0) is 13.0 Å². The lowest BCUT2D eigenvalue weighted by molar-refractivity contribution is 0.306. The number of ether oxygens (including phenoxy) is 1. The zero-order valence-electron chi connectivity index (χ0n) is 13.6. The molecule has 2 nitrogen and oxygen atoms in total. The summed E-state index contributed by atoms with van der Waals surface area (Å²) in [7, 11) is 0. The molecular formula is C20H27NO. The van der Waals surface area contributed by atoms with Crippen molar-refractivity contribution in [3.8, 4) is 5.75 Å². The van der Waals surface area contributed by atoms with Crippen LogP contribution in [0.15, 0.2) is 54.6 Å². The van der Waals surface area contributed by atoms with Gasteiger partial charge in [-0.25, -0.2) is 0 Å². The van der Waals surface area contributed by atoms with E-state index in [0.717, 1.165) is 38.3 Å². The predicted octanol–water partition coefficient (Wildman–Crippen LogP) is 4.59. The van der Waals surface area contributed by atoms with Crippen LogP contribution in [-0.4, -0.2) is 13.2 Å². The SMILES string of the molecule is CCCCCOc1ccc(CNCCc2ccccc2)cc1. The van der Waals surface area contributed by atoms with Crippen molar-refractivity contribution >= 4 is 0 Å². The van der Waals surface area contributed by atoms with Crippen LogP contribution in [0.25, 0.3) is 0 Å². The molecule has 2 heteroatoms. The Hall–Kier alpha value is -1.80. The minimum atomic E-state index is 0.822. The third kappa shape index (κ3) is 6.31. The van der Waals surface area contributed by atoms with Crippen LogP contribution in [0.3, 0.4) is 0 Å². The number of nitrogens with one attached hydrogen (secondary N) is 1. The Morgan fingerprint density at radius 2 is 1.64 bits per heavy atom. The van der Waals surface area contributed by atoms with Gasteiger partial charge in [0.1, 0.15) is 5.75 Å². The molecule has 0 radical (unpaired) electrons. The second kappa shape index (κ2) is 10.0. The number of rotatable bonds is 10. The lowest BCUT2D eigenvalue weighted by atomic mass is 10.1. The molecule has 0 heterocycles. The molecule has 2 rings (SSSR count). The zero-order chi connectivity index (χ0) is 15.5. The lowest BCUT2D eigenvalue weighted by Gasteiger charge is -2.08. The van der Waals surface area contributed by atoms with Gasteiger partial charge in [-0.3, -0.25) is 0 Å². The molecule has 0 aliphatic carbocycles. The van der Waals surface area contributed by atoms with Crippen LogP contribution in [0.4, 0.5) is 0 Å². The normalized spacial score (nSPS) is 10.6. The van der Waals surface area contributed by atoms with E-state index < -0.39 is 0 Å². The molecule has 0 aliphatic heterocycles. The summed E-state index contributed by atoms with van der Waals surface area (Å²) >= 11 is 0. The van der Waals surface area contributed by atoms with Gasteiger partial charge in [-0.1, -0.05) is 62.2 Å². The van der Waals surface area contributed by atoms with E-state index in [1.54, 1.807) is 0 Å². The molecule has 0 atom stereocenters. The molecule has 0 bridgehead atoms. The van der Waals surface area contributed by atoms with Crippen molar-refractivity contribution in [1.82, 2.24) is 5.32 Å². The fourth-order valence-electron chi connectivity index (χ4n) is 2.36. The summed E-state index contributed by atoms with van der Waals surface area (Å²) in [5, 5.41) is 3.49. The van der Waals surface area contributed by atoms with Gasteiger partial charge in [0.15, 0.2) is 0 Å². The molecule has 0 unspecified atom stereocenters. The largest absolute Gasteiger partial charge is 0.494 e. The second-order valence-corrected chi connectivity index (χ2v) is 5.61. The Kier molecular flexibility index (Phi) is 7.54.